The highest BCUT2D eigenvalue weighted by atomic mass is 19.3. The smallest absolute Gasteiger partial charge is 0.283 e. The third-order valence-electron chi connectivity index (χ3n) is 0.657. The van der Waals surface area contributed by atoms with Crippen molar-refractivity contribution < 1.29 is 31.1 Å². The molecule has 0 rings (SSSR count). The number of hydrogen-bond acceptors (Lipinski definition) is 1. The summed E-state index contributed by atoms with van der Waals surface area (Å²) < 4.78 is 70.8. The Morgan fingerprint density at radius 3 is 1.91 bits per heavy atom. The van der Waals surface area contributed by atoms with Crippen LogP contribution in [0.15, 0.2) is 11.9 Å². The van der Waals surface area contributed by atoms with E-state index in [1.807, 2.05) is 0 Å². The van der Waals surface area contributed by atoms with Crippen molar-refractivity contribution in [2.45, 2.75) is 6.11 Å². The molecule has 0 saturated carbocycles. The molecule has 7 heteroatoms. The van der Waals surface area contributed by atoms with Gasteiger partial charge in [-0.3, -0.25) is 4.74 Å². The van der Waals surface area contributed by atoms with E-state index in [-0.39, 0.29) is 0 Å². The maximum atomic E-state index is 11.7. The van der Waals surface area contributed by atoms with Gasteiger partial charge >= 0.3 is 12.2 Å². The first-order valence-corrected chi connectivity index (χ1v) is 2.20. The predicted molar refractivity (Wildman–Crippen MR) is 22.4 cm³/mol. The average Bonchev–Trinajstić information content (AvgIpc) is 1.86. The Balaban J connectivity index is 4.42. The van der Waals surface area contributed by atoms with Crippen molar-refractivity contribution in [3.63, 3.8) is 0 Å². The number of hydrogen-bond donors (Lipinski definition) is 0. The zero-order valence-electron chi connectivity index (χ0n) is 4.88. The number of alkyl halides is 3. The number of rotatable bonds is 3. The average molecular weight is 180 g/mol. The molecule has 0 N–H and O–H groups in total. The van der Waals surface area contributed by atoms with Crippen molar-refractivity contribution in [1.82, 2.24) is 0 Å². The van der Waals surface area contributed by atoms with Crippen LogP contribution >= 0.6 is 0 Å². The quantitative estimate of drug-likeness (QED) is 0.606. The van der Waals surface area contributed by atoms with Crippen LogP contribution in [0.3, 0.4) is 0 Å². The summed E-state index contributed by atoms with van der Waals surface area (Å²) >= 11 is 0. The van der Waals surface area contributed by atoms with E-state index in [0.29, 0.717) is 0 Å². The summed E-state index contributed by atoms with van der Waals surface area (Å²) in [4.78, 5) is 0. The van der Waals surface area contributed by atoms with Crippen LogP contribution in [0.5, 0.6) is 0 Å². The Labute approximate surface area is 57.3 Å². The van der Waals surface area contributed by atoms with E-state index < -0.39 is 24.9 Å². The van der Waals surface area contributed by atoms with Crippen LogP contribution in [0.25, 0.3) is 0 Å². The molecule has 0 unspecified atom stereocenters. The summed E-state index contributed by atoms with van der Waals surface area (Å²) in [6.07, 6.45) is -8.11. The lowest BCUT2D eigenvalue weighted by Crippen LogP contribution is -2.21. The van der Waals surface area contributed by atoms with Gasteiger partial charge in [0.2, 0.25) is 0 Å². The molecule has 66 valence electrons. The first-order chi connectivity index (χ1) is 4.91. The fourth-order valence-corrected chi connectivity index (χ4v) is 0.242. The van der Waals surface area contributed by atoms with Crippen molar-refractivity contribution >= 4 is 0 Å². The van der Waals surface area contributed by atoms with Crippen LogP contribution in [-0.4, -0.2) is 13.0 Å². The van der Waals surface area contributed by atoms with E-state index in [1.54, 1.807) is 0 Å². The van der Waals surface area contributed by atoms with Crippen molar-refractivity contribution in [2.24, 2.45) is 0 Å². The predicted octanol–water partition coefficient (Wildman–Crippen LogP) is 2.60. The Morgan fingerprint density at radius 1 is 1.18 bits per heavy atom. The molecule has 0 aliphatic carbocycles. The number of halogens is 6. The normalized spacial score (nSPS) is 11.5. The maximum Gasteiger partial charge on any atom is 0.417 e. The molecular weight excluding hydrogens is 178 g/mol. The standard InChI is InChI=1S/C4H2F6O/c5-1-11-4(9,10)2(6)3(7)8/h1H2. The second-order valence-electron chi connectivity index (χ2n) is 1.34. The summed E-state index contributed by atoms with van der Waals surface area (Å²) in [6, 6.07) is 0. The third kappa shape index (κ3) is 2.79. The van der Waals surface area contributed by atoms with Gasteiger partial charge in [0.15, 0.2) is 6.86 Å². The summed E-state index contributed by atoms with van der Waals surface area (Å²) in [5.74, 6) is -3.07. The third-order valence-corrected chi connectivity index (χ3v) is 0.657. The zero-order chi connectivity index (χ0) is 9.07. The fraction of sp³-hybridized carbons (Fsp3) is 0.500. The van der Waals surface area contributed by atoms with E-state index in [2.05, 4.69) is 4.74 Å². The largest absolute Gasteiger partial charge is 0.417 e. The van der Waals surface area contributed by atoms with Gasteiger partial charge in [-0.2, -0.15) is 22.0 Å². The molecule has 0 aromatic rings. The van der Waals surface area contributed by atoms with Crippen LogP contribution in [0, 0.1) is 0 Å². The van der Waals surface area contributed by atoms with Crippen LogP contribution in [0.4, 0.5) is 26.3 Å². The first kappa shape index (κ1) is 10.3. The lowest BCUT2D eigenvalue weighted by atomic mass is 10.5. The van der Waals surface area contributed by atoms with E-state index in [1.165, 1.54) is 0 Å². The molecule has 0 radical (unpaired) electrons. The van der Waals surface area contributed by atoms with Gasteiger partial charge in [0.25, 0.3) is 5.83 Å². The first-order valence-electron chi connectivity index (χ1n) is 2.20. The van der Waals surface area contributed by atoms with Crippen LogP contribution in [0.2, 0.25) is 0 Å². The van der Waals surface area contributed by atoms with E-state index in [4.69, 9.17) is 0 Å². The maximum absolute atomic E-state index is 11.7. The van der Waals surface area contributed by atoms with Crippen molar-refractivity contribution in [3.8, 4) is 0 Å². The molecule has 0 bridgehead atoms. The molecule has 11 heavy (non-hydrogen) atoms. The molecular formula is C4H2F6O. The second kappa shape index (κ2) is 3.61. The highest BCUT2D eigenvalue weighted by Crippen LogP contribution is 2.30. The van der Waals surface area contributed by atoms with Crippen molar-refractivity contribution in [3.05, 3.63) is 11.9 Å². The molecule has 0 spiro atoms. The summed E-state index contributed by atoms with van der Waals surface area (Å²) in [6.45, 7) is -2.05. The minimum Gasteiger partial charge on any atom is -0.283 e. The van der Waals surface area contributed by atoms with Crippen molar-refractivity contribution in [2.75, 3.05) is 6.86 Å². The topological polar surface area (TPSA) is 9.23 Å². The van der Waals surface area contributed by atoms with Gasteiger partial charge in [-0.05, 0) is 0 Å². The van der Waals surface area contributed by atoms with Crippen LogP contribution in [0.1, 0.15) is 0 Å². The van der Waals surface area contributed by atoms with Crippen LogP contribution in [-0.2, 0) is 4.74 Å². The van der Waals surface area contributed by atoms with Gasteiger partial charge in [-0.15, -0.1) is 0 Å². The Hall–Kier alpha value is -0.720. The summed E-state index contributed by atoms with van der Waals surface area (Å²) in [5, 5.41) is 0. The molecule has 0 aliphatic heterocycles. The molecule has 0 aromatic heterocycles. The van der Waals surface area contributed by atoms with E-state index in [9.17, 15) is 26.3 Å². The van der Waals surface area contributed by atoms with E-state index >= 15 is 0 Å². The van der Waals surface area contributed by atoms with Gasteiger partial charge in [0.1, 0.15) is 0 Å². The highest BCUT2D eigenvalue weighted by Gasteiger charge is 2.40. The van der Waals surface area contributed by atoms with Gasteiger partial charge in [-0.25, -0.2) is 4.39 Å². The molecule has 0 heterocycles. The molecule has 1 nitrogen and oxygen atoms in total. The fourth-order valence-electron chi connectivity index (χ4n) is 0.242. The summed E-state index contributed by atoms with van der Waals surface area (Å²) in [5.41, 5.74) is 0. The minimum atomic E-state index is -4.88. The second-order valence-corrected chi connectivity index (χ2v) is 1.34. The van der Waals surface area contributed by atoms with Crippen molar-refractivity contribution in [1.29, 1.82) is 0 Å². The van der Waals surface area contributed by atoms with E-state index in [0.717, 1.165) is 0 Å². The van der Waals surface area contributed by atoms with Gasteiger partial charge in [-0.1, -0.05) is 0 Å². The molecule has 0 amide bonds. The lowest BCUT2D eigenvalue weighted by Gasteiger charge is -2.10. The molecule has 0 fully saturated rings. The molecule has 0 atom stereocenters. The minimum absolute atomic E-state index is 2.05. The van der Waals surface area contributed by atoms with Gasteiger partial charge in [0.05, 0.1) is 0 Å². The Bertz CT molecular complexity index is 160. The van der Waals surface area contributed by atoms with Gasteiger partial charge < -0.3 is 0 Å². The van der Waals surface area contributed by atoms with Gasteiger partial charge in [0, 0.05) is 0 Å². The lowest BCUT2D eigenvalue weighted by molar-refractivity contribution is -0.240. The zero-order valence-corrected chi connectivity index (χ0v) is 4.88. The Morgan fingerprint density at radius 2 is 1.64 bits per heavy atom. The monoisotopic (exact) mass is 180 g/mol. The molecule has 0 saturated heterocycles. The molecule has 0 aromatic carbocycles. The van der Waals surface area contributed by atoms with Crippen LogP contribution < -0.4 is 0 Å². The highest BCUT2D eigenvalue weighted by molar-refractivity contribution is 4.99. The Kier molecular flexibility index (Phi) is 3.37. The summed E-state index contributed by atoms with van der Waals surface area (Å²) in [7, 11) is 0. The number of ether oxygens (including phenoxy) is 1. The molecule has 0 aliphatic rings. The SMILES string of the molecule is FCOC(F)(F)C(F)=C(F)F.